The first kappa shape index (κ1) is 22.3. The molecule has 0 fully saturated rings. The van der Waals surface area contributed by atoms with Gasteiger partial charge < -0.3 is 50.4 Å². The summed E-state index contributed by atoms with van der Waals surface area (Å²) < 4.78 is 0. The second-order valence-electron chi connectivity index (χ2n) is 4.22. The summed E-state index contributed by atoms with van der Waals surface area (Å²) in [6, 6.07) is 0. The summed E-state index contributed by atoms with van der Waals surface area (Å²) in [6.07, 6.45) is -10.5. The van der Waals surface area contributed by atoms with E-state index in [4.69, 9.17) is 40.9 Å². The van der Waals surface area contributed by atoms with Crippen molar-refractivity contribution >= 4 is 12.6 Å². The number of aldehydes is 2. The zero-order valence-electron chi connectivity index (χ0n) is 11.3. The first-order valence-corrected chi connectivity index (χ1v) is 5.91. The van der Waals surface area contributed by atoms with Crippen LogP contribution in [0, 0.1) is 0 Å². The van der Waals surface area contributed by atoms with Crippen LogP contribution in [0.25, 0.3) is 0 Å². The van der Waals surface area contributed by atoms with Crippen LogP contribution in [0.15, 0.2) is 0 Å². The van der Waals surface area contributed by atoms with E-state index in [9.17, 15) is 9.59 Å². The molecule has 0 spiro atoms. The highest BCUT2D eigenvalue weighted by Gasteiger charge is 2.27. The van der Waals surface area contributed by atoms with E-state index in [0.29, 0.717) is 0 Å². The number of hydrogen-bond acceptors (Lipinski definition) is 10. The van der Waals surface area contributed by atoms with Crippen molar-refractivity contribution in [2.45, 2.75) is 49.7 Å². The Morgan fingerprint density at radius 3 is 1.43 bits per heavy atom. The molecular formula is C11H22O10. The van der Waals surface area contributed by atoms with E-state index in [1.54, 1.807) is 0 Å². The van der Waals surface area contributed by atoms with Gasteiger partial charge in [0.25, 0.3) is 0 Å². The molecule has 0 bridgehead atoms. The molecule has 0 aromatic heterocycles. The van der Waals surface area contributed by atoms with Gasteiger partial charge in [0.15, 0.2) is 12.6 Å². The van der Waals surface area contributed by atoms with Gasteiger partial charge in [-0.3, -0.25) is 0 Å². The maximum absolute atomic E-state index is 9.87. The molecule has 0 unspecified atom stereocenters. The number of carbonyl (C=O) groups is 2. The summed E-state index contributed by atoms with van der Waals surface area (Å²) in [5.41, 5.74) is 0. The SMILES string of the molecule is C[C@H](O)[C@@H](O)[C@@H](O)[C@H](O)C=O.O=C[C@@H](O)[C@H](O)[C@H](O)CO. The van der Waals surface area contributed by atoms with Crippen LogP contribution in [-0.4, -0.2) is 103 Å². The van der Waals surface area contributed by atoms with E-state index < -0.39 is 49.3 Å². The first-order valence-electron chi connectivity index (χ1n) is 5.91. The van der Waals surface area contributed by atoms with E-state index >= 15 is 0 Å². The van der Waals surface area contributed by atoms with E-state index in [1.165, 1.54) is 6.92 Å². The monoisotopic (exact) mass is 314 g/mol. The zero-order valence-corrected chi connectivity index (χ0v) is 11.3. The molecule has 0 saturated carbocycles. The van der Waals surface area contributed by atoms with Gasteiger partial charge in [-0.1, -0.05) is 0 Å². The van der Waals surface area contributed by atoms with E-state index in [2.05, 4.69) is 0 Å². The second kappa shape index (κ2) is 11.7. The summed E-state index contributed by atoms with van der Waals surface area (Å²) in [4.78, 5) is 19.6. The lowest BCUT2D eigenvalue weighted by atomic mass is 10.1. The van der Waals surface area contributed by atoms with Crippen molar-refractivity contribution in [3.05, 3.63) is 0 Å². The van der Waals surface area contributed by atoms with Crippen molar-refractivity contribution in [2.75, 3.05) is 6.61 Å². The minimum Gasteiger partial charge on any atom is -0.394 e. The maximum Gasteiger partial charge on any atom is 0.151 e. The van der Waals surface area contributed by atoms with Crippen LogP contribution in [-0.2, 0) is 9.59 Å². The Hall–Kier alpha value is -0.980. The first-order chi connectivity index (χ1) is 9.63. The minimum atomic E-state index is -1.65. The van der Waals surface area contributed by atoms with Crippen molar-refractivity contribution < 1.29 is 50.4 Å². The number of aliphatic hydroxyl groups is 8. The summed E-state index contributed by atoms with van der Waals surface area (Å²) in [7, 11) is 0. The van der Waals surface area contributed by atoms with Crippen LogP contribution in [0.2, 0.25) is 0 Å². The molecule has 0 rings (SSSR count). The molecular weight excluding hydrogens is 292 g/mol. The summed E-state index contributed by atoms with van der Waals surface area (Å²) in [5.74, 6) is 0. The Morgan fingerprint density at radius 1 is 0.762 bits per heavy atom. The highest BCUT2D eigenvalue weighted by atomic mass is 16.4. The Morgan fingerprint density at radius 2 is 1.14 bits per heavy atom. The lowest BCUT2D eigenvalue weighted by molar-refractivity contribution is -0.132. The Labute approximate surface area is 120 Å². The van der Waals surface area contributed by atoms with Gasteiger partial charge in [0.1, 0.15) is 36.6 Å². The number of carbonyl (C=O) groups excluding carboxylic acids is 2. The van der Waals surface area contributed by atoms with Gasteiger partial charge in [-0.25, -0.2) is 0 Å². The molecule has 126 valence electrons. The molecule has 10 nitrogen and oxygen atoms in total. The lowest BCUT2D eigenvalue weighted by Gasteiger charge is -2.21. The Bertz CT molecular complexity index is 284. The molecule has 10 heteroatoms. The van der Waals surface area contributed by atoms with Crippen molar-refractivity contribution in [3.8, 4) is 0 Å². The second-order valence-corrected chi connectivity index (χ2v) is 4.22. The predicted octanol–water partition coefficient (Wildman–Crippen LogP) is -5.09. The molecule has 0 aromatic rings. The Kier molecular flexibility index (Phi) is 12.4. The maximum atomic E-state index is 9.87. The highest BCUT2D eigenvalue weighted by molar-refractivity contribution is 5.57. The summed E-state index contributed by atoms with van der Waals surface area (Å²) in [6.45, 7) is 0.553. The van der Waals surface area contributed by atoms with Crippen LogP contribution >= 0.6 is 0 Å². The van der Waals surface area contributed by atoms with Gasteiger partial charge in [-0.2, -0.15) is 0 Å². The van der Waals surface area contributed by atoms with Crippen LogP contribution in [0.3, 0.4) is 0 Å². The van der Waals surface area contributed by atoms with Gasteiger partial charge >= 0.3 is 0 Å². The predicted molar refractivity (Wildman–Crippen MR) is 66.9 cm³/mol. The van der Waals surface area contributed by atoms with Gasteiger partial charge in [0, 0.05) is 0 Å². The quantitative estimate of drug-likeness (QED) is 0.201. The third kappa shape index (κ3) is 8.80. The largest absolute Gasteiger partial charge is 0.394 e. The van der Waals surface area contributed by atoms with Crippen LogP contribution < -0.4 is 0 Å². The lowest BCUT2D eigenvalue weighted by Crippen LogP contribution is -2.43. The molecule has 0 aliphatic carbocycles. The van der Waals surface area contributed by atoms with Crippen molar-refractivity contribution in [3.63, 3.8) is 0 Å². The normalized spacial score (nSPS) is 20.8. The fourth-order valence-electron chi connectivity index (χ4n) is 0.984. The Balaban J connectivity index is 0. The average molecular weight is 314 g/mol. The zero-order chi connectivity index (χ0) is 17.2. The van der Waals surface area contributed by atoms with E-state index in [1.807, 2.05) is 0 Å². The van der Waals surface area contributed by atoms with Gasteiger partial charge in [-0.05, 0) is 6.92 Å². The van der Waals surface area contributed by atoms with Crippen molar-refractivity contribution in [2.24, 2.45) is 0 Å². The van der Waals surface area contributed by atoms with E-state index in [0.717, 1.165) is 0 Å². The van der Waals surface area contributed by atoms with Crippen LogP contribution in [0.4, 0.5) is 0 Å². The molecule has 0 amide bonds. The molecule has 0 aliphatic rings. The minimum absolute atomic E-state index is 0.0869. The molecule has 7 atom stereocenters. The summed E-state index contributed by atoms with van der Waals surface area (Å²) >= 11 is 0. The summed E-state index contributed by atoms with van der Waals surface area (Å²) in [5, 5.41) is 69.2. The molecule has 0 heterocycles. The highest BCUT2D eigenvalue weighted by Crippen LogP contribution is 2.02. The van der Waals surface area contributed by atoms with Crippen molar-refractivity contribution in [1.82, 2.24) is 0 Å². The molecule has 21 heavy (non-hydrogen) atoms. The third-order valence-electron chi connectivity index (χ3n) is 2.40. The fourth-order valence-corrected chi connectivity index (χ4v) is 0.984. The topological polar surface area (TPSA) is 196 Å². The number of aliphatic hydroxyl groups excluding tert-OH is 8. The van der Waals surface area contributed by atoms with Gasteiger partial charge in [0.05, 0.1) is 12.7 Å². The number of rotatable bonds is 8. The smallest absolute Gasteiger partial charge is 0.151 e. The van der Waals surface area contributed by atoms with Gasteiger partial charge in [-0.15, -0.1) is 0 Å². The number of hydrogen-bond donors (Lipinski definition) is 8. The van der Waals surface area contributed by atoms with Crippen molar-refractivity contribution in [1.29, 1.82) is 0 Å². The van der Waals surface area contributed by atoms with Gasteiger partial charge in [0.2, 0.25) is 0 Å². The molecule has 0 aromatic carbocycles. The molecule has 8 N–H and O–H groups in total. The molecule has 0 saturated heterocycles. The van der Waals surface area contributed by atoms with E-state index in [-0.39, 0.29) is 12.6 Å². The fraction of sp³-hybridized carbons (Fsp3) is 0.818. The third-order valence-corrected chi connectivity index (χ3v) is 2.40. The molecule has 0 aliphatic heterocycles. The molecule has 0 radical (unpaired) electrons. The van der Waals surface area contributed by atoms with Crippen LogP contribution in [0.5, 0.6) is 0 Å². The average Bonchev–Trinajstić information content (AvgIpc) is 2.50. The standard InChI is InChI=1S/C6H12O5.C5H10O5/c1-3(8)5(10)6(11)4(9)2-7;6-1-3(8)5(10)4(9)2-7/h2-6,8-11H,1H3;1,3-5,7-10H,2H2/t3-,4+,5+,6-;3-,4-,5+/m01/s1. The van der Waals surface area contributed by atoms with Crippen LogP contribution in [0.1, 0.15) is 6.92 Å².